The monoisotopic (exact) mass is 206 g/mol. The van der Waals surface area contributed by atoms with Crippen molar-refractivity contribution < 1.29 is 5.11 Å². The Labute approximate surface area is 90.5 Å². The zero-order valence-electron chi connectivity index (χ0n) is 8.87. The standard InChI is InChI=1S/C12H18N2O/c15-12-7-2-1-6-11(12)14-9-10-5-3-4-8-13-10/h1-2,6-7,10,13-15H,3-5,8-9H2. The molecule has 3 N–H and O–H groups in total. The van der Waals surface area contributed by atoms with E-state index in [0.717, 1.165) is 18.8 Å². The maximum Gasteiger partial charge on any atom is 0.138 e. The molecule has 2 rings (SSSR count). The first-order chi connectivity index (χ1) is 7.36. The number of rotatable bonds is 3. The first-order valence-corrected chi connectivity index (χ1v) is 5.61. The number of nitrogens with one attached hydrogen (secondary N) is 2. The SMILES string of the molecule is Oc1ccccc1NCC1CCCCN1. The Bertz CT molecular complexity index is 308. The molecule has 1 heterocycles. The number of hydrogen-bond acceptors (Lipinski definition) is 3. The van der Waals surface area contributed by atoms with Crippen LogP contribution in [-0.4, -0.2) is 24.2 Å². The molecule has 1 fully saturated rings. The van der Waals surface area contributed by atoms with Gasteiger partial charge in [0, 0.05) is 12.6 Å². The van der Waals surface area contributed by atoms with Crippen molar-refractivity contribution >= 4 is 5.69 Å². The molecule has 0 bridgehead atoms. The molecule has 82 valence electrons. The summed E-state index contributed by atoms with van der Waals surface area (Å²) in [6, 6.07) is 7.91. The van der Waals surface area contributed by atoms with Crippen molar-refractivity contribution in [3.05, 3.63) is 24.3 Å². The maximum atomic E-state index is 9.56. The normalized spacial score (nSPS) is 21.2. The Morgan fingerprint density at radius 2 is 2.20 bits per heavy atom. The van der Waals surface area contributed by atoms with E-state index in [0.29, 0.717) is 11.8 Å². The van der Waals surface area contributed by atoms with Gasteiger partial charge in [-0.05, 0) is 31.5 Å². The van der Waals surface area contributed by atoms with Crippen LogP contribution < -0.4 is 10.6 Å². The number of anilines is 1. The van der Waals surface area contributed by atoms with Crippen LogP contribution in [-0.2, 0) is 0 Å². The van der Waals surface area contributed by atoms with Gasteiger partial charge in [-0.2, -0.15) is 0 Å². The van der Waals surface area contributed by atoms with Gasteiger partial charge in [0.25, 0.3) is 0 Å². The van der Waals surface area contributed by atoms with Gasteiger partial charge in [0.2, 0.25) is 0 Å². The van der Waals surface area contributed by atoms with Gasteiger partial charge in [-0.25, -0.2) is 0 Å². The highest BCUT2D eigenvalue weighted by Crippen LogP contribution is 2.21. The fraction of sp³-hybridized carbons (Fsp3) is 0.500. The van der Waals surface area contributed by atoms with Crippen LogP contribution in [0.4, 0.5) is 5.69 Å². The van der Waals surface area contributed by atoms with E-state index in [1.54, 1.807) is 6.07 Å². The fourth-order valence-corrected chi connectivity index (χ4v) is 1.95. The number of phenolic OH excluding ortho intramolecular Hbond substituents is 1. The van der Waals surface area contributed by atoms with Crippen LogP contribution in [0.3, 0.4) is 0 Å². The van der Waals surface area contributed by atoms with Crippen LogP contribution in [0.25, 0.3) is 0 Å². The van der Waals surface area contributed by atoms with Gasteiger partial charge in [0.15, 0.2) is 0 Å². The van der Waals surface area contributed by atoms with Crippen LogP contribution in [0, 0.1) is 0 Å². The minimum Gasteiger partial charge on any atom is -0.506 e. The molecular weight excluding hydrogens is 188 g/mol. The number of aromatic hydroxyl groups is 1. The van der Waals surface area contributed by atoms with Crippen LogP contribution in [0.2, 0.25) is 0 Å². The van der Waals surface area contributed by atoms with Crippen molar-refractivity contribution in [3.8, 4) is 5.75 Å². The Morgan fingerprint density at radius 3 is 2.93 bits per heavy atom. The second kappa shape index (κ2) is 5.03. The minimum atomic E-state index is 0.327. The van der Waals surface area contributed by atoms with E-state index in [2.05, 4.69) is 10.6 Å². The smallest absolute Gasteiger partial charge is 0.138 e. The molecule has 15 heavy (non-hydrogen) atoms. The lowest BCUT2D eigenvalue weighted by molar-refractivity contribution is 0.413. The molecule has 1 unspecified atom stereocenters. The zero-order valence-corrected chi connectivity index (χ0v) is 8.87. The Hall–Kier alpha value is -1.22. The maximum absolute atomic E-state index is 9.56. The molecule has 3 nitrogen and oxygen atoms in total. The summed E-state index contributed by atoms with van der Waals surface area (Å²) in [5, 5.41) is 16.3. The molecule has 3 heteroatoms. The van der Waals surface area contributed by atoms with Crippen LogP contribution in [0.5, 0.6) is 5.75 Å². The molecule has 1 atom stereocenters. The van der Waals surface area contributed by atoms with E-state index in [1.807, 2.05) is 18.2 Å². The van der Waals surface area contributed by atoms with Crippen LogP contribution in [0.1, 0.15) is 19.3 Å². The third kappa shape index (κ3) is 2.86. The van der Waals surface area contributed by atoms with Crippen molar-refractivity contribution in [2.75, 3.05) is 18.4 Å². The molecule has 0 amide bonds. The molecular formula is C12H18N2O. The highest BCUT2D eigenvalue weighted by Gasteiger charge is 2.12. The predicted octanol–water partition coefficient (Wildman–Crippen LogP) is 1.95. The second-order valence-electron chi connectivity index (χ2n) is 4.04. The number of piperidine rings is 1. The van der Waals surface area contributed by atoms with Crippen molar-refractivity contribution in [1.82, 2.24) is 5.32 Å². The highest BCUT2D eigenvalue weighted by atomic mass is 16.3. The molecule has 0 aromatic heterocycles. The average molecular weight is 206 g/mol. The molecule has 1 aliphatic heterocycles. The summed E-state index contributed by atoms with van der Waals surface area (Å²) in [5.41, 5.74) is 0.824. The molecule has 0 saturated carbocycles. The lowest BCUT2D eigenvalue weighted by Gasteiger charge is -2.24. The molecule has 0 radical (unpaired) electrons. The number of benzene rings is 1. The van der Waals surface area contributed by atoms with Gasteiger partial charge < -0.3 is 15.7 Å². The van der Waals surface area contributed by atoms with Gasteiger partial charge >= 0.3 is 0 Å². The minimum absolute atomic E-state index is 0.327. The molecule has 1 aliphatic rings. The molecule has 0 spiro atoms. The van der Waals surface area contributed by atoms with Crippen molar-refractivity contribution in [1.29, 1.82) is 0 Å². The summed E-state index contributed by atoms with van der Waals surface area (Å²) >= 11 is 0. The van der Waals surface area contributed by atoms with Crippen LogP contribution in [0.15, 0.2) is 24.3 Å². The Morgan fingerprint density at radius 1 is 1.33 bits per heavy atom. The quantitative estimate of drug-likeness (QED) is 0.662. The number of para-hydroxylation sites is 2. The molecule has 1 saturated heterocycles. The third-order valence-electron chi connectivity index (χ3n) is 2.86. The first-order valence-electron chi connectivity index (χ1n) is 5.61. The van der Waals surface area contributed by atoms with Crippen molar-refractivity contribution in [2.24, 2.45) is 0 Å². The van der Waals surface area contributed by atoms with Gasteiger partial charge in [-0.1, -0.05) is 18.6 Å². The highest BCUT2D eigenvalue weighted by molar-refractivity contribution is 5.55. The zero-order chi connectivity index (χ0) is 10.5. The van der Waals surface area contributed by atoms with Crippen molar-refractivity contribution in [3.63, 3.8) is 0 Å². The predicted molar refractivity (Wildman–Crippen MR) is 62.2 cm³/mol. The molecule has 1 aromatic carbocycles. The third-order valence-corrected chi connectivity index (χ3v) is 2.86. The molecule has 0 aliphatic carbocycles. The van der Waals surface area contributed by atoms with Crippen LogP contribution >= 0.6 is 0 Å². The second-order valence-corrected chi connectivity index (χ2v) is 4.04. The largest absolute Gasteiger partial charge is 0.506 e. The van der Waals surface area contributed by atoms with Gasteiger partial charge in [-0.15, -0.1) is 0 Å². The van der Waals surface area contributed by atoms with Gasteiger partial charge in [0.05, 0.1) is 5.69 Å². The van der Waals surface area contributed by atoms with E-state index in [9.17, 15) is 5.11 Å². The molecule has 1 aromatic rings. The Balaban J connectivity index is 1.84. The number of phenols is 1. The summed E-state index contributed by atoms with van der Waals surface area (Å²) in [6.07, 6.45) is 3.81. The van der Waals surface area contributed by atoms with Crippen molar-refractivity contribution in [2.45, 2.75) is 25.3 Å². The average Bonchev–Trinajstić information content (AvgIpc) is 2.29. The summed E-state index contributed by atoms with van der Waals surface area (Å²) in [7, 11) is 0. The summed E-state index contributed by atoms with van der Waals surface area (Å²) in [6.45, 7) is 2.00. The van der Waals surface area contributed by atoms with E-state index in [1.165, 1.54) is 19.3 Å². The fourth-order valence-electron chi connectivity index (χ4n) is 1.95. The summed E-state index contributed by atoms with van der Waals surface area (Å²) in [5.74, 6) is 0.327. The first kappa shape index (κ1) is 10.3. The lowest BCUT2D eigenvalue weighted by atomic mass is 10.1. The van der Waals surface area contributed by atoms with E-state index in [-0.39, 0.29) is 0 Å². The topological polar surface area (TPSA) is 44.3 Å². The van der Waals surface area contributed by atoms with Gasteiger partial charge in [0.1, 0.15) is 5.75 Å². The Kier molecular flexibility index (Phi) is 3.45. The number of hydrogen-bond donors (Lipinski definition) is 3. The van der Waals surface area contributed by atoms with Gasteiger partial charge in [-0.3, -0.25) is 0 Å². The van der Waals surface area contributed by atoms with E-state index < -0.39 is 0 Å². The summed E-state index contributed by atoms with van der Waals surface area (Å²) in [4.78, 5) is 0. The lowest BCUT2D eigenvalue weighted by Crippen LogP contribution is -2.39. The van der Waals surface area contributed by atoms with E-state index >= 15 is 0 Å². The van der Waals surface area contributed by atoms with E-state index in [4.69, 9.17) is 0 Å². The summed E-state index contributed by atoms with van der Waals surface area (Å²) < 4.78 is 0.